The van der Waals surface area contributed by atoms with Crippen LogP contribution >= 0.6 is 0 Å². The van der Waals surface area contributed by atoms with Gasteiger partial charge in [0.25, 0.3) is 0 Å². The highest BCUT2D eigenvalue weighted by molar-refractivity contribution is 5.41. The summed E-state index contributed by atoms with van der Waals surface area (Å²) in [6.45, 7) is 0. The summed E-state index contributed by atoms with van der Waals surface area (Å²) in [5.41, 5.74) is 1.71. The van der Waals surface area contributed by atoms with E-state index in [0.29, 0.717) is 0 Å². The van der Waals surface area contributed by atoms with Crippen LogP contribution in [-0.2, 0) is 12.0 Å². The Bertz CT molecular complexity index is 492. The Kier molecular flexibility index (Phi) is 3.36. The fourth-order valence-electron chi connectivity index (χ4n) is 3.60. The molecule has 3 rings (SSSR count). The van der Waals surface area contributed by atoms with Gasteiger partial charge in [-0.1, -0.05) is 18.2 Å². The Morgan fingerprint density at radius 1 is 1.32 bits per heavy atom. The van der Waals surface area contributed by atoms with Crippen LogP contribution in [0.2, 0.25) is 0 Å². The summed E-state index contributed by atoms with van der Waals surface area (Å²) < 4.78 is 5.30. The predicted molar refractivity (Wildman–Crippen MR) is 76.3 cm³/mol. The molecule has 0 aliphatic heterocycles. The van der Waals surface area contributed by atoms with Crippen molar-refractivity contribution in [3.8, 4) is 5.75 Å². The van der Waals surface area contributed by atoms with Crippen molar-refractivity contribution < 1.29 is 9.84 Å². The van der Waals surface area contributed by atoms with Crippen molar-refractivity contribution in [2.75, 3.05) is 7.11 Å². The molecule has 0 amide bonds. The average molecular weight is 258 g/mol. The highest BCUT2D eigenvalue weighted by Gasteiger charge is 2.40. The second kappa shape index (κ2) is 5.01. The Balaban J connectivity index is 2.01. The number of benzene rings is 1. The van der Waals surface area contributed by atoms with E-state index in [1.807, 2.05) is 6.07 Å². The number of hydrogen-bond acceptors (Lipinski definition) is 2. The molecular formula is C17H22O2. The third-order valence-corrected chi connectivity index (χ3v) is 4.65. The number of ether oxygens (including phenoxy) is 1. The Morgan fingerprint density at radius 2 is 2.21 bits per heavy atom. The minimum absolute atomic E-state index is 0.272. The predicted octanol–water partition coefficient (Wildman–Crippen LogP) is 3.58. The Labute approximate surface area is 115 Å². The van der Waals surface area contributed by atoms with Crippen molar-refractivity contribution >= 4 is 0 Å². The van der Waals surface area contributed by atoms with Crippen LogP contribution in [0.25, 0.3) is 0 Å². The number of hydrogen-bond donors (Lipinski definition) is 1. The molecular weight excluding hydrogens is 236 g/mol. The first-order valence-electron chi connectivity index (χ1n) is 7.30. The molecule has 0 unspecified atom stereocenters. The second-order valence-corrected chi connectivity index (χ2v) is 5.77. The maximum absolute atomic E-state index is 11.2. The van der Waals surface area contributed by atoms with Gasteiger partial charge in [0.05, 0.1) is 12.7 Å². The molecule has 0 fully saturated rings. The van der Waals surface area contributed by atoms with Crippen LogP contribution in [0.4, 0.5) is 0 Å². The number of allylic oxidation sites excluding steroid dienone is 1. The van der Waals surface area contributed by atoms with Gasteiger partial charge in [0, 0.05) is 5.92 Å². The Morgan fingerprint density at radius 3 is 2.95 bits per heavy atom. The summed E-state index contributed by atoms with van der Waals surface area (Å²) in [5, 5.41) is 11.2. The van der Waals surface area contributed by atoms with E-state index in [9.17, 15) is 5.11 Å². The van der Waals surface area contributed by atoms with E-state index < -0.39 is 5.60 Å². The van der Waals surface area contributed by atoms with Gasteiger partial charge >= 0.3 is 0 Å². The largest absolute Gasteiger partial charge is 0.497 e. The van der Waals surface area contributed by atoms with Gasteiger partial charge in [0.1, 0.15) is 5.75 Å². The van der Waals surface area contributed by atoms with Gasteiger partial charge in [-0.15, -0.1) is 0 Å². The molecule has 0 saturated heterocycles. The van der Waals surface area contributed by atoms with Crippen LogP contribution in [0.3, 0.4) is 0 Å². The molecule has 1 N–H and O–H groups in total. The number of rotatable bonds is 2. The molecule has 0 radical (unpaired) electrons. The van der Waals surface area contributed by atoms with Crippen molar-refractivity contribution in [3.63, 3.8) is 0 Å². The lowest BCUT2D eigenvalue weighted by Crippen LogP contribution is -2.38. The summed E-state index contributed by atoms with van der Waals surface area (Å²) in [6.07, 6.45) is 10.9. The molecule has 102 valence electrons. The van der Waals surface area contributed by atoms with Crippen molar-refractivity contribution in [1.29, 1.82) is 0 Å². The average Bonchev–Trinajstić information content (AvgIpc) is 2.48. The fourth-order valence-corrected chi connectivity index (χ4v) is 3.60. The van der Waals surface area contributed by atoms with Crippen molar-refractivity contribution in [3.05, 3.63) is 41.5 Å². The lowest BCUT2D eigenvalue weighted by Gasteiger charge is -2.41. The maximum Gasteiger partial charge on any atom is 0.119 e. The first-order valence-corrected chi connectivity index (χ1v) is 7.30. The molecule has 19 heavy (non-hydrogen) atoms. The minimum atomic E-state index is -0.670. The van der Waals surface area contributed by atoms with Crippen LogP contribution in [0.1, 0.15) is 43.2 Å². The van der Waals surface area contributed by atoms with Gasteiger partial charge in [-0.25, -0.2) is 0 Å². The topological polar surface area (TPSA) is 29.5 Å². The SMILES string of the molecule is COc1ccc2c(c1)CCC[C@]2(O)[C@H]1C=CCCC1. The molecule has 1 aromatic rings. The molecule has 1 aromatic carbocycles. The van der Waals surface area contributed by atoms with Crippen molar-refractivity contribution in [2.24, 2.45) is 5.92 Å². The molecule has 0 saturated carbocycles. The highest BCUT2D eigenvalue weighted by Crippen LogP contribution is 2.45. The van der Waals surface area contributed by atoms with Crippen LogP contribution in [-0.4, -0.2) is 12.2 Å². The molecule has 0 aromatic heterocycles. The van der Waals surface area contributed by atoms with E-state index in [1.54, 1.807) is 7.11 Å². The van der Waals surface area contributed by atoms with E-state index in [0.717, 1.165) is 43.4 Å². The van der Waals surface area contributed by atoms with Crippen LogP contribution < -0.4 is 4.74 Å². The maximum atomic E-state index is 11.2. The number of methoxy groups -OCH3 is 1. The Hall–Kier alpha value is -1.28. The first kappa shape index (κ1) is 12.7. The van der Waals surface area contributed by atoms with Gasteiger partial charge in [0.15, 0.2) is 0 Å². The monoisotopic (exact) mass is 258 g/mol. The van der Waals surface area contributed by atoms with Crippen LogP contribution in [0.15, 0.2) is 30.4 Å². The zero-order valence-corrected chi connectivity index (χ0v) is 11.6. The summed E-state index contributed by atoms with van der Waals surface area (Å²) in [4.78, 5) is 0. The van der Waals surface area contributed by atoms with Crippen molar-refractivity contribution in [2.45, 2.75) is 44.1 Å². The number of aryl methyl sites for hydroxylation is 1. The number of aliphatic hydroxyl groups is 1. The van der Waals surface area contributed by atoms with E-state index in [2.05, 4.69) is 24.3 Å². The van der Waals surface area contributed by atoms with Gasteiger partial charge in [-0.2, -0.15) is 0 Å². The quantitative estimate of drug-likeness (QED) is 0.822. The molecule has 2 atom stereocenters. The first-order chi connectivity index (χ1) is 9.24. The third-order valence-electron chi connectivity index (χ3n) is 4.65. The van der Waals surface area contributed by atoms with Crippen LogP contribution in [0, 0.1) is 5.92 Å². The second-order valence-electron chi connectivity index (χ2n) is 5.77. The van der Waals surface area contributed by atoms with Gasteiger partial charge in [-0.05, 0) is 61.8 Å². The van der Waals surface area contributed by atoms with Crippen molar-refractivity contribution in [1.82, 2.24) is 0 Å². The lowest BCUT2D eigenvalue weighted by molar-refractivity contribution is -0.0266. The van der Waals surface area contributed by atoms with E-state index in [-0.39, 0.29) is 5.92 Å². The van der Waals surface area contributed by atoms with Gasteiger partial charge in [-0.3, -0.25) is 0 Å². The lowest BCUT2D eigenvalue weighted by atomic mass is 9.69. The molecule has 2 nitrogen and oxygen atoms in total. The van der Waals surface area contributed by atoms with E-state index in [4.69, 9.17) is 4.74 Å². The summed E-state index contributed by atoms with van der Waals surface area (Å²) in [5.74, 6) is 1.16. The zero-order chi connectivity index (χ0) is 13.3. The zero-order valence-electron chi connectivity index (χ0n) is 11.6. The molecule has 0 heterocycles. The highest BCUT2D eigenvalue weighted by atomic mass is 16.5. The smallest absolute Gasteiger partial charge is 0.119 e. The van der Waals surface area contributed by atoms with Crippen LogP contribution in [0.5, 0.6) is 5.75 Å². The molecule has 2 aliphatic rings. The summed E-state index contributed by atoms with van der Waals surface area (Å²) >= 11 is 0. The van der Waals surface area contributed by atoms with E-state index in [1.165, 1.54) is 12.0 Å². The normalized spacial score (nSPS) is 29.9. The number of fused-ring (bicyclic) bond motifs is 1. The third kappa shape index (κ3) is 2.18. The molecule has 2 heteroatoms. The molecule has 2 aliphatic carbocycles. The minimum Gasteiger partial charge on any atom is -0.497 e. The standard InChI is InChI=1S/C17H22O2/c1-19-15-9-10-16-13(12-15)6-5-11-17(16,18)14-7-3-2-4-8-14/h3,7,9-10,12,14,18H,2,4-6,8,11H2,1H3/t14-,17-/m0/s1. The molecule has 0 spiro atoms. The summed E-state index contributed by atoms with van der Waals surface area (Å²) in [7, 11) is 1.70. The summed E-state index contributed by atoms with van der Waals surface area (Å²) in [6, 6.07) is 6.13. The van der Waals surface area contributed by atoms with E-state index >= 15 is 0 Å². The van der Waals surface area contributed by atoms with Gasteiger partial charge < -0.3 is 9.84 Å². The van der Waals surface area contributed by atoms with Gasteiger partial charge in [0.2, 0.25) is 0 Å². The fraction of sp³-hybridized carbons (Fsp3) is 0.529. The molecule has 0 bridgehead atoms.